The Morgan fingerprint density at radius 1 is 1.67 bits per heavy atom. The number of nitrogens with zero attached hydrogens (tertiary/aromatic N) is 3. The summed E-state index contributed by atoms with van der Waals surface area (Å²) < 4.78 is 8.97. The van der Waals surface area contributed by atoms with Crippen molar-refractivity contribution < 1.29 is 9.53 Å². The third-order valence-electron chi connectivity index (χ3n) is 1.97. The zero-order valence-corrected chi connectivity index (χ0v) is 10.2. The zero-order chi connectivity index (χ0) is 11.4. The Hall–Kier alpha value is -1.01. The molecule has 0 saturated carbocycles. The number of carbonyl (C=O) groups is 1. The quantitative estimate of drug-likeness (QED) is 0.775. The number of hydrogen-bond acceptors (Lipinski definition) is 5. The van der Waals surface area contributed by atoms with Gasteiger partial charge in [0.25, 0.3) is 0 Å². The van der Waals surface area contributed by atoms with Crippen molar-refractivity contribution in [2.45, 2.75) is 13.8 Å². The smallest absolute Gasteiger partial charge is 0.233 e. The van der Waals surface area contributed by atoms with Crippen LogP contribution in [0.4, 0.5) is 5.13 Å². The molecule has 1 unspecified atom stereocenters. The van der Waals surface area contributed by atoms with E-state index in [2.05, 4.69) is 9.36 Å². The van der Waals surface area contributed by atoms with Gasteiger partial charge >= 0.3 is 0 Å². The number of rotatable bonds is 4. The van der Waals surface area contributed by atoms with Gasteiger partial charge < -0.3 is 4.74 Å². The molecule has 1 aromatic heterocycles. The number of methoxy groups -OCH3 is 1. The van der Waals surface area contributed by atoms with E-state index >= 15 is 0 Å². The van der Waals surface area contributed by atoms with Crippen molar-refractivity contribution in [2.24, 2.45) is 5.92 Å². The molecule has 0 aliphatic rings. The Bertz CT molecular complexity index is 340. The summed E-state index contributed by atoms with van der Waals surface area (Å²) in [5.41, 5.74) is 0. The van der Waals surface area contributed by atoms with Gasteiger partial charge in [0.2, 0.25) is 11.0 Å². The third-order valence-corrected chi connectivity index (χ3v) is 2.86. The van der Waals surface area contributed by atoms with Gasteiger partial charge in [0.15, 0.2) is 0 Å². The van der Waals surface area contributed by atoms with Crippen molar-refractivity contribution in [3.63, 3.8) is 0 Å². The van der Waals surface area contributed by atoms with Crippen molar-refractivity contribution in [3.8, 4) is 0 Å². The first-order valence-electron chi connectivity index (χ1n) is 4.63. The molecular weight excluding hydrogens is 214 g/mol. The standard InChI is InChI=1S/C9H15N3O2S/c1-6(5-14-4)8(13)12(3)9-10-7(2)11-15-9/h6H,5H2,1-4H3. The molecule has 1 amide bonds. The fourth-order valence-corrected chi connectivity index (χ4v) is 1.81. The first-order chi connectivity index (χ1) is 7.06. The summed E-state index contributed by atoms with van der Waals surface area (Å²) in [6, 6.07) is 0. The Kier molecular flexibility index (Phi) is 4.16. The van der Waals surface area contributed by atoms with E-state index in [4.69, 9.17) is 4.74 Å². The normalized spacial score (nSPS) is 12.5. The molecule has 15 heavy (non-hydrogen) atoms. The first-order valence-corrected chi connectivity index (χ1v) is 5.40. The first kappa shape index (κ1) is 12.1. The minimum atomic E-state index is -0.163. The van der Waals surface area contributed by atoms with Gasteiger partial charge in [0.05, 0.1) is 12.5 Å². The largest absolute Gasteiger partial charge is 0.384 e. The van der Waals surface area contributed by atoms with E-state index in [1.807, 2.05) is 6.92 Å². The molecule has 0 spiro atoms. The predicted octanol–water partition coefficient (Wildman–Crippen LogP) is 1.09. The van der Waals surface area contributed by atoms with Crippen LogP contribution in [0.15, 0.2) is 0 Å². The van der Waals surface area contributed by atoms with Crippen LogP contribution in [0.3, 0.4) is 0 Å². The molecule has 1 rings (SSSR count). The summed E-state index contributed by atoms with van der Waals surface area (Å²) in [4.78, 5) is 17.5. The highest BCUT2D eigenvalue weighted by Gasteiger charge is 2.20. The van der Waals surface area contributed by atoms with Gasteiger partial charge in [-0.3, -0.25) is 9.69 Å². The van der Waals surface area contributed by atoms with Crippen molar-refractivity contribution >= 4 is 22.6 Å². The van der Waals surface area contributed by atoms with Crippen LogP contribution in [0.5, 0.6) is 0 Å². The van der Waals surface area contributed by atoms with Crippen LogP contribution in [0.1, 0.15) is 12.7 Å². The van der Waals surface area contributed by atoms with E-state index in [0.717, 1.165) is 0 Å². The topological polar surface area (TPSA) is 55.3 Å². The van der Waals surface area contributed by atoms with E-state index in [1.54, 1.807) is 21.1 Å². The SMILES string of the molecule is COCC(C)C(=O)N(C)c1nc(C)ns1. The molecule has 6 heteroatoms. The average molecular weight is 229 g/mol. The highest BCUT2D eigenvalue weighted by atomic mass is 32.1. The molecule has 0 aliphatic carbocycles. The Balaban J connectivity index is 2.68. The average Bonchev–Trinajstić information content (AvgIpc) is 2.63. The molecule has 0 radical (unpaired) electrons. The van der Waals surface area contributed by atoms with Gasteiger partial charge in [-0.1, -0.05) is 6.92 Å². The van der Waals surface area contributed by atoms with Gasteiger partial charge in [-0.25, -0.2) is 4.98 Å². The van der Waals surface area contributed by atoms with Crippen LogP contribution in [0.2, 0.25) is 0 Å². The van der Waals surface area contributed by atoms with Crippen LogP contribution in [-0.2, 0) is 9.53 Å². The highest BCUT2D eigenvalue weighted by molar-refractivity contribution is 7.09. The second-order valence-corrected chi connectivity index (χ2v) is 4.11. The van der Waals surface area contributed by atoms with Gasteiger partial charge in [-0.2, -0.15) is 4.37 Å². The number of aromatic nitrogens is 2. The monoisotopic (exact) mass is 229 g/mol. The van der Waals surface area contributed by atoms with Crippen LogP contribution in [0, 0.1) is 12.8 Å². The second-order valence-electron chi connectivity index (χ2n) is 3.38. The predicted molar refractivity (Wildman–Crippen MR) is 59.1 cm³/mol. The summed E-state index contributed by atoms with van der Waals surface area (Å²) >= 11 is 1.22. The van der Waals surface area contributed by atoms with Gasteiger partial charge in [-0.05, 0) is 6.92 Å². The zero-order valence-electron chi connectivity index (χ0n) is 9.35. The molecular formula is C9H15N3O2S. The summed E-state index contributed by atoms with van der Waals surface area (Å²) in [6.45, 7) is 4.05. The molecule has 0 fully saturated rings. The Morgan fingerprint density at radius 2 is 2.33 bits per heavy atom. The van der Waals surface area contributed by atoms with Crippen LogP contribution < -0.4 is 4.90 Å². The molecule has 0 aromatic carbocycles. The van der Waals surface area contributed by atoms with E-state index < -0.39 is 0 Å². The summed E-state index contributed by atoms with van der Waals surface area (Å²) in [5, 5.41) is 0.625. The molecule has 0 saturated heterocycles. The number of ether oxygens (including phenoxy) is 1. The summed E-state index contributed by atoms with van der Waals surface area (Å²) in [6.07, 6.45) is 0. The Morgan fingerprint density at radius 3 is 2.80 bits per heavy atom. The van der Waals surface area contributed by atoms with Crippen LogP contribution >= 0.6 is 11.5 Å². The van der Waals surface area contributed by atoms with Crippen molar-refractivity contribution in [3.05, 3.63) is 5.82 Å². The molecule has 1 heterocycles. The van der Waals surface area contributed by atoms with E-state index in [9.17, 15) is 4.79 Å². The maximum absolute atomic E-state index is 11.8. The molecule has 0 N–H and O–H groups in total. The van der Waals surface area contributed by atoms with E-state index in [1.165, 1.54) is 16.4 Å². The fourth-order valence-electron chi connectivity index (χ4n) is 1.17. The van der Waals surface area contributed by atoms with Crippen molar-refractivity contribution in [2.75, 3.05) is 25.7 Å². The third kappa shape index (κ3) is 2.97. The lowest BCUT2D eigenvalue weighted by Crippen LogP contribution is -2.33. The van der Waals surface area contributed by atoms with E-state index in [0.29, 0.717) is 17.6 Å². The summed E-state index contributed by atoms with van der Waals surface area (Å²) in [5.74, 6) is 0.520. The minimum Gasteiger partial charge on any atom is -0.384 e. The van der Waals surface area contributed by atoms with Gasteiger partial charge in [-0.15, -0.1) is 0 Å². The van der Waals surface area contributed by atoms with Crippen molar-refractivity contribution in [1.82, 2.24) is 9.36 Å². The molecule has 1 aromatic rings. The maximum atomic E-state index is 11.8. The lowest BCUT2D eigenvalue weighted by atomic mass is 10.2. The molecule has 0 aliphatic heterocycles. The highest BCUT2D eigenvalue weighted by Crippen LogP contribution is 2.17. The lowest BCUT2D eigenvalue weighted by molar-refractivity contribution is -0.123. The molecule has 1 atom stereocenters. The number of amides is 1. The second kappa shape index (κ2) is 5.18. The molecule has 0 bridgehead atoms. The Labute approximate surface area is 93.2 Å². The maximum Gasteiger partial charge on any atom is 0.233 e. The van der Waals surface area contributed by atoms with E-state index in [-0.39, 0.29) is 11.8 Å². The van der Waals surface area contributed by atoms with Gasteiger partial charge in [0.1, 0.15) is 5.82 Å². The number of anilines is 1. The number of carbonyl (C=O) groups excluding carboxylic acids is 1. The number of hydrogen-bond donors (Lipinski definition) is 0. The fraction of sp³-hybridized carbons (Fsp3) is 0.667. The molecule has 5 nitrogen and oxygen atoms in total. The van der Waals surface area contributed by atoms with Crippen LogP contribution in [-0.4, -0.2) is 36.0 Å². The lowest BCUT2D eigenvalue weighted by Gasteiger charge is -2.17. The summed E-state index contributed by atoms with van der Waals surface area (Å²) in [7, 11) is 3.29. The van der Waals surface area contributed by atoms with Crippen LogP contribution in [0.25, 0.3) is 0 Å². The van der Waals surface area contributed by atoms with Gasteiger partial charge in [0, 0.05) is 25.7 Å². The van der Waals surface area contributed by atoms with Crippen molar-refractivity contribution in [1.29, 1.82) is 0 Å². The number of aryl methyl sites for hydroxylation is 1. The molecule has 84 valence electrons. The minimum absolute atomic E-state index is 0.00648.